The predicted octanol–water partition coefficient (Wildman–Crippen LogP) is 6.34. The molecule has 0 aliphatic carbocycles. The van der Waals surface area contributed by atoms with Gasteiger partial charge in [0.25, 0.3) is 0 Å². The zero-order valence-corrected chi connectivity index (χ0v) is 21.2. The van der Waals surface area contributed by atoms with E-state index in [0.29, 0.717) is 19.8 Å². The van der Waals surface area contributed by atoms with Gasteiger partial charge < -0.3 is 23.7 Å². The highest BCUT2D eigenvalue weighted by Crippen LogP contribution is 2.17. The molecule has 0 N–H and O–H groups in total. The van der Waals surface area contributed by atoms with Crippen molar-refractivity contribution in [2.75, 3.05) is 39.6 Å². The van der Waals surface area contributed by atoms with Crippen molar-refractivity contribution in [2.45, 2.75) is 117 Å². The maximum atomic E-state index is 6.59. The van der Waals surface area contributed by atoms with E-state index in [2.05, 4.69) is 41.2 Å². The summed E-state index contributed by atoms with van der Waals surface area (Å²) in [4.78, 5) is 0. The van der Waals surface area contributed by atoms with Crippen LogP contribution in [0.2, 0.25) is 0 Å². The van der Waals surface area contributed by atoms with Crippen LogP contribution in [0.15, 0.2) is 12.7 Å². The van der Waals surface area contributed by atoms with E-state index in [9.17, 15) is 0 Å². The summed E-state index contributed by atoms with van der Waals surface area (Å²) in [6.07, 6.45) is 10.8. The van der Waals surface area contributed by atoms with Crippen LogP contribution < -0.4 is 0 Å². The molecule has 0 saturated carbocycles. The Hall–Kier alpha value is -0.460. The summed E-state index contributed by atoms with van der Waals surface area (Å²) in [5.41, 5.74) is 0. The lowest BCUT2D eigenvalue weighted by Crippen LogP contribution is -2.44. The molecule has 0 fully saturated rings. The Morgan fingerprint density at radius 1 is 0.645 bits per heavy atom. The Kier molecular flexibility index (Phi) is 22.4. The van der Waals surface area contributed by atoms with Crippen molar-refractivity contribution in [3.8, 4) is 0 Å². The molecule has 4 atom stereocenters. The van der Waals surface area contributed by atoms with Gasteiger partial charge in [0, 0.05) is 26.4 Å². The minimum atomic E-state index is -0.197. The van der Waals surface area contributed by atoms with E-state index in [4.69, 9.17) is 23.7 Å². The van der Waals surface area contributed by atoms with Crippen LogP contribution >= 0.6 is 0 Å². The fraction of sp³-hybridized carbons (Fsp3) is 0.923. The van der Waals surface area contributed by atoms with Crippen LogP contribution in [0, 0.1) is 0 Å². The Balaban J connectivity index is 5.18. The molecule has 186 valence electrons. The largest absolute Gasteiger partial charge is 0.379 e. The number of unbranched alkanes of at least 4 members (excludes halogenated alkanes) is 4. The van der Waals surface area contributed by atoms with E-state index in [1.807, 2.05) is 6.08 Å². The lowest BCUT2D eigenvalue weighted by atomic mass is 10.1. The van der Waals surface area contributed by atoms with Crippen LogP contribution in [0.25, 0.3) is 0 Å². The first-order valence-electron chi connectivity index (χ1n) is 12.8. The van der Waals surface area contributed by atoms with Crippen molar-refractivity contribution in [3.05, 3.63) is 12.7 Å². The second-order valence-corrected chi connectivity index (χ2v) is 8.29. The molecule has 0 rings (SSSR count). The molecule has 0 radical (unpaired) electrons. The first-order chi connectivity index (χ1) is 15.1. The SMILES string of the molecule is C=CC[C@@H](OC(COCCCC)[C@@H](COCCCC)OCCCC)[C@H](C)OCCCC. The van der Waals surface area contributed by atoms with Gasteiger partial charge in [-0.2, -0.15) is 0 Å². The highest BCUT2D eigenvalue weighted by molar-refractivity contribution is 4.81. The minimum Gasteiger partial charge on any atom is -0.379 e. The number of hydrogen-bond donors (Lipinski definition) is 0. The summed E-state index contributed by atoms with van der Waals surface area (Å²) in [5.74, 6) is 0. The van der Waals surface area contributed by atoms with Crippen LogP contribution in [0.5, 0.6) is 0 Å². The first kappa shape index (κ1) is 30.5. The van der Waals surface area contributed by atoms with Crippen LogP contribution in [0.4, 0.5) is 0 Å². The molecule has 0 saturated heterocycles. The summed E-state index contributed by atoms with van der Waals surface area (Å²) >= 11 is 0. The fourth-order valence-electron chi connectivity index (χ4n) is 3.04. The summed E-state index contributed by atoms with van der Waals surface area (Å²) < 4.78 is 30.8. The normalized spacial score (nSPS) is 15.5. The second-order valence-electron chi connectivity index (χ2n) is 8.29. The van der Waals surface area contributed by atoms with Gasteiger partial charge in [0.2, 0.25) is 0 Å². The molecule has 5 heteroatoms. The van der Waals surface area contributed by atoms with E-state index in [1.165, 1.54) is 0 Å². The molecule has 5 nitrogen and oxygen atoms in total. The molecule has 0 heterocycles. The third kappa shape index (κ3) is 16.8. The topological polar surface area (TPSA) is 46.2 Å². The monoisotopic (exact) mass is 444 g/mol. The molecular weight excluding hydrogens is 392 g/mol. The summed E-state index contributed by atoms with van der Waals surface area (Å²) in [5, 5.41) is 0. The molecule has 0 spiro atoms. The van der Waals surface area contributed by atoms with Crippen molar-refractivity contribution >= 4 is 0 Å². The van der Waals surface area contributed by atoms with Gasteiger partial charge in [0.15, 0.2) is 0 Å². The molecule has 0 aliphatic rings. The molecular formula is C26H52O5. The quantitative estimate of drug-likeness (QED) is 0.128. The summed E-state index contributed by atoms with van der Waals surface area (Å²) in [6.45, 7) is 18.7. The molecule has 31 heavy (non-hydrogen) atoms. The van der Waals surface area contributed by atoms with Crippen molar-refractivity contribution in [2.24, 2.45) is 0 Å². The summed E-state index contributed by atoms with van der Waals surface area (Å²) in [7, 11) is 0. The average molecular weight is 445 g/mol. The zero-order valence-electron chi connectivity index (χ0n) is 21.2. The van der Waals surface area contributed by atoms with Crippen molar-refractivity contribution in [1.29, 1.82) is 0 Å². The average Bonchev–Trinajstić information content (AvgIpc) is 2.77. The number of ether oxygens (including phenoxy) is 5. The highest BCUT2D eigenvalue weighted by atomic mass is 16.6. The second kappa shape index (κ2) is 22.7. The van der Waals surface area contributed by atoms with Gasteiger partial charge in [0.1, 0.15) is 12.2 Å². The molecule has 0 amide bonds. The van der Waals surface area contributed by atoms with E-state index >= 15 is 0 Å². The van der Waals surface area contributed by atoms with Gasteiger partial charge in [0.05, 0.1) is 25.4 Å². The van der Waals surface area contributed by atoms with E-state index in [1.54, 1.807) is 0 Å². The van der Waals surface area contributed by atoms with E-state index in [0.717, 1.165) is 77.6 Å². The molecule has 0 aliphatic heterocycles. The maximum absolute atomic E-state index is 6.59. The third-order valence-electron chi connectivity index (χ3n) is 5.24. The molecule has 0 aromatic rings. The molecule has 0 aromatic heterocycles. The number of hydrogen-bond acceptors (Lipinski definition) is 5. The van der Waals surface area contributed by atoms with Crippen LogP contribution in [0.1, 0.15) is 92.4 Å². The molecule has 0 bridgehead atoms. The molecule has 0 aromatic carbocycles. The number of rotatable bonds is 24. The highest BCUT2D eigenvalue weighted by Gasteiger charge is 2.29. The van der Waals surface area contributed by atoms with Gasteiger partial charge in [-0.25, -0.2) is 0 Å². The first-order valence-corrected chi connectivity index (χ1v) is 12.8. The zero-order chi connectivity index (χ0) is 23.2. The van der Waals surface area contributed by atoms with Gasteiger partial charge in [-0.05, 0) is 39.0 Å². The fourth-order valence-corrected chi connectivity index (χ4v) is 3.04. The third-order valence-corrected chi connectivity index (χ3v) is 5.24. The van der Waals surface area contributed by atoms with Gasteiger partial charge in [-0.1, -0.05) is 59.5 Å². The predicted molar refractivity (Wildman–Crippen MR) is 130 cm³/mol. The van der Waals surface area contributed by atoms with E-state index < -0.39 is 0 Å². The van der Waals surface area contributed by atoms with Gasteiger partial charge >= 0.3 is 0 Å². The van der Waals surface area contributed by atoms with Gasteiger partial charge in [-0.15, -0.1) is 6.58 Å². The minimum absolute atomic E-state index is 0.0139. The van der Waals surface area contributed by atoms with Gasteiger partial charge in [-0.3, -0.25) is 0 Å². The smallest absolute Gasteiger partial charge is 0.110 e. The van der Waals surface area contributed by atoms with Crippen LogP contribution in [-0.4, -0.2) is 64.1 Å². The maximum Gasteiger partial charge on any atom is 0.110 e. The van der Waals surface area contributed by atoms with Crippen molar-refractivity contribution in [1.82, 2.24) is 0 Å². The van der Waals surface area contributed by atoms with Crippen molar-refractivity contribution < 1.29 is 23.7 Å². The Labute approximate surface area is 193 Å². The van der Waals surface area contributed by atoms with Crippen LogP contribution in [0.3, 0.4) is 0 Å². The lowest BCUT2D eigenvalue weighted by Gasteiger charge is -2.33. The Morgan fingerprint density at radius 3 is 1.65 bits per heavy atom. The Morgan fingerprint density at radius 2 is 1.13 bits per heavy atom. The summed E-state index contributed by atoms with van der Waals surface area (Å²) in [6, 6.07) is 0. The Bertz CT molecular complexity index is 377. The van der Waals surface area contributed by atoms with E-state index in [-0.39, 0.29) is 24.4 Å². The standard InChI is InChI=1S/C26H52O5/c1-7-12-17-27-21-25(30-20-15-10-4)26(22-28-18-13-8-2)31-24(16-11-5)23(6)29-19-14-9-3/h11,23-26H,5,7-10,12-22H2,1-4,6H3/t23-,24+,25+,26?/m0/s1. The lowest BCUT2D eigenvalue weighted by molar-refractivity contribution is -0.170. The van der Waals surface area contributed by atoms with Crippen LogP contribution in [-0.2, 0) is 23.7 Å². The van der Waals surface area contributed by atoms with Crippen molar-refractivity contribution in [3.63, 3.8) is 0 Å². The molecule has 1 unspecified atom stereocenters.